The first-order valence-electron chi connectivity index (χ1n) is 6.80. The average Bonchev–Trinajstić information content (AvgIpc) is 2.22. The quantitative estimate of drug-likeness (QED) is 0.682. The van der Waals surface area contributed by atoms with Crippen LogP contribution >= 0.6 is 0 Å². The van der Waals surface area contributed by atoms with E-state index in [4.69, 9.17) is 4.74 Å². The maximum Gasteiger partial charge on any atom is 0.0575 e. The van der Waals surface area contributed by atoms with E-state index in [1.165, 1.54) is 57.8 Å². The number of rotatable bonds is 6. The second-order valence-electron chi connectivity index (χ2n) is 5.07. The van der Waals surface area contributed by atoms with E-state index in [0.717, 1.165) is 19.2 Å². The van der Waals surface area contributed by atoms with Gasteiger partial charge in [0.05, 0.1) is 6.10 Å². The van der Waals surface area contributed by atoms with Crippen molar-refractivity contribution in [3.05, 3.63) is 0 Å². The largest absolute Gasteiger partial charge is 0.378 e. The third kappa shape index (κ3) is 4.12. The Balaban J connectivity index is 1.40. The van der Waals surface area contributed by atoms with Crippen LogP contribution < -0.4 is 5.32 Å². The van der Waals surface area contributed by atoms with Crippen LogP contribution in [-0.4, -0.2) is 25.3 Å². The monoisotopic (exact) mass is 211 g/mol. The topological polar surface area (TPSA) is 21.3 Å². The molecule has 2 aliphatic carbocycles. The van der Waals surface area contributed by atoms with Gasteiger partial charge in [0.25, 0.3) is 0 Å². The second-order valence-corrected chi connectivity index (χ2v) is 5.07. The lowest BCUT2D eigenvalue weighted by Crippen LogP contribution is -2.32. The van der Waals surface area contributed by atoms with Crippen molar-refractivity contribution < 1.29 is 4.74 Å². The average molecular weight is 211 g/mol. The first kappa shape index (κ1) is 11.4. The highest BCUT2D eigenvalue weighted by Crippen LogP contribution is 2.21. The van der Waals surface area contributed by atoms with Crippen LogP contribution in [0.4, 0.5) is 0 Å². The molecule has 0 bridgehead atoms. The number of hydrogen-bond acceptors (Lipinski definition) is 2. The van der Waals surface area contributed by atoms with Crippen molar-refractivity contribution in [2.24, 2.45) is 0 Å². The van der Waals surface area contributed by atoms with Crippen molar-refractivity contribution in [1.29, 1.82) is 0 Å². The molecular weight excluding hydrogens is 186 g/mol. The molecule has 0 radical (unpaired) electrons. The molecule has 2 fully saturated rings. The smallest absolute Gasteiger partial charge is 0.0575 e. The highest BCUT2D eigenvalue weighted by molar-refractivity contribution is 4.72. The molecule has 0 spiro atoms. The minimum absolute atomic E-state index is 0.611. The maximum absolute atomic E-state index is 5.73. The second kappa shape index (κ2) is 6.49. The lowest BCUT2D eigenvalue weighted by Gasteiger charge is -2.26. The van der Waals surface area contributed by atoms with Gasteiger partial charge in [-0.15, -0.1) is 0 Å². The number of nitrogens with one attached hydrogen (secondary N) is 1. The van der Waals surface area contributed by atoms with Crippen molar-refractivity contribution >= 4 is 0 Å². The molecule has 0 aliphatic heterocycles. The summed E-state index contributed by atoms with van der Waals surface area (Å²) in [6.45, 7) is 2.11. The highest BCUT2D eigenvalue weighted by Gasteiger charge is 2.17. The Labute approximate surface area is 93.8 Å². The van der Waals surface area contributed by atoms with E-state index in [1.807, 2.05) is 0 Å². The molecule has 2 aliphatic rings. The Morgan fingerprint density at radius 1 is 0.933 bits per heavy atom. The molecule has 2 saturated carbocycles. The molecule has 0 amide bonds. The zero-order valence-corrected chi connectivity index (χ0v) is 9.84. The number of hydrogen-bond donors (Lipinski definition) is 1. The van der Waals surface area contributed by atoms with Crippen LogP contribution in [-0.2, 0) is 4.74 Å². The first-order chi connectivity index (χ1) is 7.45. The van der Waals surface area contributed by atoms with Crippen molar-refractivity contribution in [3.63, 3.8) is 0 Å². The van der Waals surface area contributed by atoms with Gasteiger partial charge in [0.2, 0.25) is 0 Å². The SMILES string of the molecule is C1CCC(NCCCOC2CCC2)CC1. The van der Waals surface area contributed by atoms with Gasteiger partial charge in [-0.25, -0.2) is 0 Å². The van der Waals surface area contributed by atoms with Gasteiger partial charge < -0.3 is 10.1 Å². The summed E-state index contributed by atoms with van der Waals surface area (Å²) in [6, 6.07) is 0.808. The first-order valence-corrected chi connectivity index (χ1v) is 6.80. The van der Waals surface area contributed by atoms with Crippen molar-refractivity contribution in [2.75, 3.05) is 13.2 Å². The van der Waals surface area contributed by atoms with Crippen molar-refractivity contribution in [2.45, 2.75) is 69.9 Å². The summed E-state index contributed by atoms with van der Waals surface area (Å²) in [4.78, 5) is 0. The predicted octanol–water partition coefficient (Wildman–Crippen LogP) is 2.87. The molecule has 15 heavy (non-hydrogen) atoms. The van der Waals surface area contributed by atoms with E-state index in [0.29, 0.717) is 6.10 Å². The fourth-order valence-corrected chi connectivity index (χ4v) is 2.47. The van der Waals surface area contributed by atoms with E-state index in [-0.39, 0.29) is 0 Å². The molecule has 0 heterocycles. The van der Waals surface area contributed by atoms with E-state index in [1.54, 1.807) is 0 Å². The molecule has 2 nitrogen and oxygen atoms in total. The van der Waals surface area contributed by atoms with E-state index in [9.17, 15) is 0 Å². The van der Waals surface area contributed by atoms with Gasteiger partial charge in [-0.05, 0) is 45.1 Å². The third-order valence-electron chi connectivity index (χ3n) is 3.77. The van der Waals surface area contributed by atoms with Gasteiger partial charge >= 0.3 is 0 Å². The molecular formula is C13H25NO. The van der Waals surface area contributed by atoms with Crippen LogP contribution in [0, 0.1) is 0 Å². The summed E-state index contributed by atoms with van der Waals surface area (Å²) in [5.41, 5.74) is 0. The van der Waals surface area contributed by atoms with E-state index in [2.05, 4.69) is 5.32 Å². The van der Waals surface area contributed by atoms with E-state index >= 15 is 0 Å². The van der Waals surface area contributed by atoms with Crippen LogP contribution in [0.5, 0.6) is 0 Å². The van der Waals surface area contributed by atoms with Crippen molar-refractivity contribution in [3.8, 4) is 0 Å². The van der Waals surface area contributed by atoms with Gasteiger partial charge in [-0.3, -0.25) is 0 Å². The molecule has 0 saturated heterocycles. The summed E-state index contributed by atoms with van der Waals surface area (Å²) in [6.07, 6.45) is 12.9. The van der Waals surface area contributed by atoms with E-state index < -0.39 is 0 Å². The lowest BCUT2D eigenvalue weighted by atomic mass is 9.95. The molecule has 0 aromatic carbocycles. The maximum atomic E-state index is 5.73. The molecule has 88 valence electrons. The van der Waals surface area contributed by atoms with Gasteiger partial charge in [-0.1, -0.05) is 19.3 Å². The normalized spacial score (nSPS) is 24.0. The molecule has 0 atom stereocenters. The Morgan fingerprint density at radius 2 is 1.73 bits per heavy atom. The fourth-order valence-electron chi connectivity index (χ4n) is 2.47. The van der Waals surface area contributed by atoms with Crippen LogP contribution in [0.3, 0.4) is 0 Å². The molecule has 0 unspecified atom stereocenters. The third-order valence-corrected chi connectivity index (χ3v) is 3.77. The van der Waals surface area contributed by atoms with Gasteiger partial charge in [-0.2, -0.15) is 0 Å². The van der Waals surface area contributed by atoms with Gasteiger partial charge in [0.15, 0.2) is 0 Å². The summed E-state index contributed by atoms with van der Waals surface area (Å²) in [5, 5.41) is 3.65. The highest BCUT2D eigenvalue weighted by atomic mass is 16.5. The predicted molar refractivity (Wildman–Crippen MR) is 63.1 cm³/mol. The van der Waals surface area contributed by atoms with Crippen LogP contribution in [0.1, 0.15) is 57.8 Å². The molecule has 0 aromatic rings. The minimum atomic E-state index is 0.611. The Hall–Kier alpha value is -0.0800. The summed E-state index contributed by atoms with van der Waals surface area (Å²) in [7, 11) is 0. The molecule has 0 aromatic heterocycles. The Kier molecular flexibility index (Phi) is 4.94. The summed E-state index contributed by atoms with van der Waals surface area (Å²) in [5.74, 6) is 0. The number of ether oxygens (including phenoxy) is 1. The summed E-state index contributed by atoms with van der Waals surface area (Å²) < 4.78 is 5.73. The molecule has 2 heteroatoms. The summed E-state index contributed by atoms with van der Waals surface area (Å²) >= 11 is 0. The minimum Gasteiger partial charge on any atom is -0.378 e. The fraction of sp³-hybridized carbons (Fsp3) is 1.00. The molecule has 1 N–H and O–H groups in total. The molecule has 2 rings (SSSR count). The van der Waals surface area contributed by atoms with Crippen LogP contribution in [0.2, 0.25) is 0 Å². The van der Waals surface area contributed by atoms with Gasteiger partial charge in [0.1, 0.15) is 0 Å². The zero-order chi connectivity index (χ0) is 10.3. The van der Waals surface area contributed by atoms with Crippen LogP contribution in [0.15, 0.2) is 0 Å². The Morgan fingerprint density at radius 3 is 2.40 bits per heavy atom. The van der Waals surface area contributed by atoms with Gasteiger partial charge in [0, 0.05) is 12.6 Å². The standard InChI is InChI=1S/C13H25NO/c1-2-6-12(7-3-1)14-10-5-11-15-13-8-4-9-13/h12-14H,1-11H2. The lowest BCUT2D eigenvalue weighted by molar-refractivity contribution is 0.00127. The zero-order valence-electron chi connectivity index (χ0n) is 9.84. The van der Waals surface area contributed by atoms with Crippen molar-refractivity contribution in [1.82, 2.24) is 5.32 Å². The van der Waals surface area contributed by atoms with Crippen LogP contribution in [0.25, 0.3) is 0 Å². The Bertz CT molecular complexity index is 162.